The fourth-order valence-electron chi connectivity index (χ4n) is 3.42. The largest absolute Gasteiger partial charge is 0.494 e. The van der Waals surface area contributed by atoms with E-state index < -0.39 is 0 Å². The Labute approximate surface area is 149 Å². The predicted octanol–water partition coefficient (Wildman–Crippen LogP) is 2.54. The first-order valence-corrected chi connectivity index (χ1v) is 9.45. The number of carbonyl (C=O) groups excluding carboxylic acids is 2. The molecule has 1 saturated heterocycles. The van der Waals surface area contributed by atoms with E-state index in [0.29, 0.717) is 13.0 Å². The van der Waals surface area contributed by atoms with Crippen molar-refractivity contribution in [2.45, 2.75) is 51.5 Å². The highest BCUT2D eigenvalue weighted by molar-refractivity contribution is 5.80. The van der Waals surface area contributed by atoms with Crippen molar-refractivity contribution in [1.29, 1.82) is 0 Å². The molecule has 136 valence electrons. The number of nitrogens with one attached hydrogen (secondary N) is 1. The van der Waals surface area contributed by atoms with Gasteiger partial charge in [0.15, 0.2) is 0 Å². The van der Waals surface area contributed by atoms with Crippen LogP contribution in [0.3, 0.4) is 0 Å². The lowest BCUT2D eigenvalue weighted by atomic mass is 9.84. The lowest BCUT2D eigenvalue weighted by molar-refractivity contribution is -0.132. The lowest BCUT2D eigenvalue weighted by Gasteiger charge is -2.34. The van der Waals surface area contributed by atoms with Crippen molar-refractivity contribution in [3.05, 3.63) is 29.8 Å². The molecule has 5 heteroatoms. The highest BCUT2D eigenvalue weighted by Crippen LogP contribution is 2.26. The van der Waals surface area contributed by atoms with Crippen molar-refractivity contribution in [2.24, 2.45) is 5.92 Å². The highest BCUT2D eigenvalue weighted by Gasteiger charge is 2.29. The van der Waals surface area contributed by atoms with Crippen LogP contribution < -0.4 is 10.1 Å². The molecule has 0 bridgehead atoms. The standard InChI is InChI=1S/C20H28N2O3/c1-2-25-18-8-6-15(7-9-18)14-19(23)22-12-10-17(11-13-22)21-20(24)16-4-3-5-16/h6-9,16-17H,2-5,10-14H2,1H3,(H,21,24). The Balaban J connectivity index is 1.42. The molecule has 1 aromatic carbocycles. The molecule has 2 aliphatic rings. The molecule has 1 saturated carbocycles. The second kappa shape index (κ2) is 8.37. The molecular formula is C20H28N2O3. The molecule has 2 fully saturated rings. The summed E-state index contributed by atoms with van der Waals surface area (Å²) in [6.07, 6.45) is 5.37. The topological polar surface area (TPSA) is 58.6 Å². The smallest absolute Gasteiger partial charge is 0.226 e. The van der Waals surface area contributed by atoms with Crippen molar-refractivity contribution in [3.8, 4) is 5.75 Å². The number of likely N-dealkylation sites (tertiary alicyclic amines) is 1. The molecule has 0 atom stereocenters. The maximum absolute atomic E-state index is 12.5. The van der Waals surface area contributed by atoms with Gasteiger partial charge in [0, 0.05) is 25.0 Å². The van der Waals surface area contributed by atoms with Crippen LogP contribution in [0.1, 0.15) is 44.6 Å². The number of hydrogen-bond acceptors (Lipinski definition) is 3. The second-order valence-electron chi connectivity index (χ2n) is 7.05. The first kappa shape index (κ1) is 17.8. The van der Waals surface area contributed by atoms with E-state index in [-0.39, 0.29) is 23.8 Å². The molecule has 2 amide bonds. The van der Waals surface area contributed by atoms with Crippen molar-refractivity contribution in [2.75, 3.05) is 19.7 Å². The van der Waals surface area contributed by atoms with Gasteiger partial charge in [-0.25, -0.2) is 0 Å². The summed E-state index contributed by atoms with van der Waals surface area (Å²) in [4.78, 5) is 26.4. The zero-order chi connectivity index (χ0) is 17.6. The van der Waals surface area contributed by atoms with Gasteiger partial charge >= 0.3 is 0 Å². The van der Waals surface area contributed by atoms with Crippen molar-refractivity contribution < 1.29 is 14.3 Å². The van der Waals surface area contributed by atoms with Gasteiger partial charge in [0.25, 0.3) is 0 Å². The van der Waals surface area contributed by atoms with Crippen molar-refractivity contribution in [1.82, 2.24) is 10.2 Å². The first-order chi connectivity index (χ1) is 12.2. The van der Waals surface area contributed by atoms with Crippen molar-refractivity contribution >= 4 is 11.8 Å². The highest BCUT2D eigenvalue weighted by atomic mass is 16.5. The Morgan fingerprint density at radius 1 is 1.12 bits per heavy atom. The Hall–Kier alpha value is -2.04. The summed E-state index contributed by atoms with van der Waals surface area (Å²) in [6.45, 7) is 4.05. The van der Waals surface area contributed by atoms with E-state index in [1.54, 1.807) is 0 Å². The molecule has 1 aromatic rings. The van der Waals surface area contributed by atoms with Crippen LogP contribution in [0.25, 0.3) is 0 Å². The molecule has 1 heterocycles. The minimum absolute atomic E-state index is 0.160. The number of ether oxygens (including phenoxy) is 1. The van der Waals surface area contributed by atoms with Crippen LogP contribution in [0, 0.1) is 5.92 Å². The van der Waals surface area contributed by atoms with Gasteiger partial charge in [-0.1, -0.05) is 18.6 Å². The minimum atomic E-state index is 0.160. The average molecular weight is 344 g/mol. The van der Waals surface area contributed by atoms with Gasteiger partial charge in [-0.15, -0.1) is 0 Å². The third-order valence-electron chi connectivity index (χ3n) is 5.26. The van der Waals surface area contributed by atoms with Gasteiger partial charge in [0.2, 0.25) is 11.8 Å². The molecule has 25 heavy (non-hydrogen) atoms. The Bertz CT molecular complexity index is 587. The summed E-state index contributed by atoms with van der Waals surface area (Å²) >= 11 is 0. The fourth-order valence-corrected chi connectivity index (χ4v) is 3.42. The zero-order valence-electron chi connectivity index (χ0n) is 15.0. The van der Waals surface area contributed by atoms with Gasteiger partial charge < -0.3 is 15.0 Å². The Kier molecular flexibility index (Phi) is 5.95. The van der Waals surface area contributed by atoms with Crippen LogP contribution in [0.2, 0.25) is 0 Å². The fraction of sp³-hybridized carbons (Fsp3) is 0.600. The number of amides is 2. The number of nitrogens with zero attached hydrogens (tertiary/aromatic N) is 1. The normalized spacial score (nSPS) is 18.5. The van der Waals surface area contributed by atoms with Gasteiger partial charge in [-0.05, 0) is 50.3 Å². The third-order valence-corrected chi connectivity index (χ3v) is 5.26. The number of piperidine rings is 1. The maximum atomic E-state index is 12.5. The van der Waals surface area contributed by atoms with E-state index in [0.717, 1.165) is 50.1 Å². The van der Waals surface area contributed by atoms with Gasteiger partial charge in [-0.2, -0.15) is 0 Å². The van der Waals surface area contributed by atoms with Crippen LogP contribution in [-0.4, -0.2) is 42.5 Å². The molecule has 0 aromatic heterocycles. The number of hydrogen-bond donors (Lipinski definition) is 1. The van der Waals surface area contributed by atoms with Crippen LogP contribution >= 0.6 is 0 Å². The molecule has 1 N–H and O–H groups in total. The average Bonchev–Trinajstić information content (AvgIpc) is 2.56. The van der Waals surface area contributed by atoms with E-state index in [1.165, 1.54) is 6.42 Å². The third kappa shape index (κ3) is 4.74. The van der Waals surface area contributed by atoms with Crippen LogP contribution in [0.5, 0.6) is 5.75 Å². The van der Waals surface area contributed by atoms with Crippen LogP contribution in [-0.2, 0) is 16.0 Å². The maximum Gasteiger partial charge on any atom is 0.226 e. The summed E-state index contributed by atoms with van der Waals surface area (Å²) in [5.74, 6) is 1.44. The van der Waals surface area contributed by atoms with E-state index in [2.05, 4.69) is 5.32 Å². The Morgan fingerprint density at radius 3 is 2.36 bits per heavy atom. The molecule has 3 rings (SSSR count). The summed E-state index contributed by atoms with van der Waals surface area (Å²) in [5, 5.41) is 3.16. The molecule has 5 nitrogen and oxygen atoms in total. The van der Waals surface area contributed by atoms with E-state index in [1.807, 2.05) is 36.1 Å². The summed E-state index contributed by atoms with van der Waals surface area (Å²) in [5.41, 5.74) is 1.01. The molecule has 1 aliphatic carbocycles. The van der Waals surface area contributed by atoms with E-state index in [4.69, 9.17) is 4.74 Å². The molecule has 0 spiro atoms. The SMILES string of the molecule is CCOc1ccc(CC(=O)N2CCC(NC(=O)C3CCC3)CC2)cc1. The first-order valence-electron chi connectivity index (χ1n) is 9.45. The zero-order valence-corrected chi connectivity index (χ0v) is 15.0. The molecule has 1 aliphatic heterocycles. The minimum Gasteiger partial charge on any atom is -0.494 e. The molecular weight excluding hydrogens is 316 g/mol. The van der Waals surface area contributed by atoms with Gasteiger partial charge in [-0.3, -0.25) is 9.59 Å². The molecule has 0 radical (unpaired) electrons. The van der Waals surface area contributed by atoms with Gasteiger partial charge in [0.1, 0.15) is 5.75 Å². The van der Waals surface area contributed by atoms with E-state index >= 15 is 0 Å². The number of carbonyl (C=O) groups is 2. The van der Waals surface area contributed by atoms with Gasteiger partial charge in [0.05, 0.1) is 13.0 Å². The number of rotatable bonds is 6. The predicted molar refractivity (Wildman–Crippen MR) is 96.4 cm³/mol. The number of benzene rings is 1. The summed E-state index contributed by atoms with van der Waals surface area (Å²) in [6, 6.07) is 7.95. The van der Waals surface area contributed by atoms with Crippen molar-refractivity contribution in [3.63, 3.8) is 0 Å². The van der Waals surface area contributed by atoms with E-state index in [9.17, 15) is 9.59 Å². The molecule has 0 unspecified atom stereocenters. The summed E-state index contributed by atoms with van der Waals surface area (Å²) in [7, 11) is 0. The Morgan fingerprint density at radius 2 is 1.80 bits per heavy atom. The summed E-state index contributed by atoms with van der Waals surface area (Å²) < 4.78 is 5.42. The van der Waals surface area contributed by atoms with Crippen LogP contribution in [0.15, 0.2) is 24.3 Å². The second-order valence-corrected chi connectivity index (χ2v) is 7.05. The quantitative estimate of drug-likeness (QED) is 0.863. The monoisotopic (exact) mass is 344 g/mol. The van der Waals surface area contributed by atoms with Crippen LogP contribution in [0.4, 0.5) is 0 Å². The lowest BCUT2D eigenvalue weighted by Crippen LogP contribution is -2.48.